The summed E-state index contributed by atoms with van der Waals surface area (Å²) in [6, 6.07) is 17.1. The predicted octanol–water partition coefficient (Wildman–Crippen LogP) is 4.12. The number of carbonyl (C=O) groups is 1. The maximum absolute atomic E-state index is 12.4. The van der Waals surface area contributed by atoms with Crippen LogP contribution in [0.2, 0.25) is 0 Å². The summed E-state index contributed by atoms with van der Waals surface area (Å²) in [5.41, 5.74) is 2.54. The van der Waals surface area contributed by atoms with E-state index in [1.165, 1.54) is 6.07 Å². The molecule has 0 bridgehead atoms. The second-order valence-corrected chi connectivity index (χ2v) is 10.5. The third-order valence-corrected chi connectivity index (χ3v) is 7.56. The minimum Gasteiger partial charge on any atom is -0.345 e. The van der Waals surface area contributed by atoms with Crippen molar-refractivity contribution in [1.29, 1.82) is 0 Å². The van der Waals surface area contributed by atoms with Gasteiger partial charge in [-0.2, -0.15) is 0 Å². The smallest absolute Gasteiger partial charge is 0.271 e. The normalized spacial score (nSPS) is 11.5. The summed E-state index contributed by atoms with van der Waals surface area (Å²) >= 11 is 4.37. The van der Waals surface area contributed by atoms with Crippen molar-refractivity contribution in [3.63, 3.8) is 0 Å². The fourth-order valence-electron chi connectivity index (χ4n) is 2.69. The van der Waals surface area contributed by atoms with E-state index in [1.54, 1.807) is 30.3 Å². The number of sulfonamides is 1. The highest BCUT2D eigenvalue weighted by Crippen LogP contribution is 2.27. The summed E-state index contributed by atoms with van der Waals surface area (Å²) in [5, 5.41) is 2.80. The average Bonchev–Trinajstić information content (AvgIpc) is 3.32. The number of rotatable bonds is 6. The number of thiophene rings is 1. The molecule has 1 amide bonds. The first kappa shape index (κ1) is 19.6. The van der Waals surface area contributed by atoms with Gasteiger partial charge in [0, 0.05) is 11.3 Å². The van der Waals surface area contributed by atoms with Crippen LogP contribution in [0.25, 0.3) is 11.0 Å². The number of amides is 1. The molecule has 4 rings (SSSR count). The quantitative estimate of drug-likeness (QED) is 0.378. The predicted molar refractivity (Wildman–Crippen MR) is 117 cm³/mol. The molecular weight excluding hydrogens is 476 g/mol. The van der Waals surface area contributed by atoms with Gasteiger partial charge in [-0.3, -0.25) is 9.52 Å². The molecule has 148 valence electrons. The van der Waals surface area contributed by atoms with Crippen LogP contribution in [0.15, 0.2) is 68.7 Å². The van der Waals surface area contributed by atoms with Crippen LogP contribution in [0.4, 0.5) is 5.69 Å². The summed E-state index contributed by atoms with van der Waals surface area (Å²) in [6.07, 6.45) is 0. The van der Waals surface area contributed by atoms with Crippen molar-refractivity contribution in [2.75, 3.05) is 4.72 Å². The lowest BCUT2D eigenvalue weighted by atomic mass is 10.2. The van der Waals surface area contributed by atoms with Gasteiger partial charge in [0.25, 0.3) is 15.9 Å². The zero-order valence-corrected chi connectivity index (χ0v) is 18.1. The summed E-state index contributed by atoms with van der Waals surface area (Å²) in [6.45, 7) is 0.259. The number of halogens is 1. The van der Waals surface area contributed by atoms with E-state index in [9.17, 15) is 13.2 Å². The van der Waals surface area contributed by atoms with Crippen molar-refractivity contribution in [2.45, 2.75) is 10.8 Å². The van der Waals surface area contributed by atoms with Crippen LogP contribution < -0.4 is 10.0 Å². The van der Waals surface area contributed by atoms with Gasteiger partial charge in [0.05, 0.1) is 21.4 Å². The molecule has 0 fully saturated rings. The van der Waals surface area contributed by atoms with Gasteiger partial charge in [-0.05, 0) is 64.5 Å². The van der Waals surface area contributed by atoms with E-state index in [1.807, 2.05) is 24.3 Å². The Morgan fingerprint density at radius 2 is 1.83 bits per heavy atom. The molecule has 0 atom stereocenters. The number of nitrogens with zero attached hydrogens (tertiary/aromatic N) is 1. The van der Waals surface area contributed by atoms with E-state index in [-0.39, 0.29) is 16.7 Å². The Labute approximate surface area is 179 Å². The molecule has 0 aliphatic carbocycles. The minimum atomic E-state index is -3.66. The highest BCUT2D eigenvalue weighted by Gasteiger charge is 2.17. The van der Waals surface area contributed by atoms with Crippen LogP contribution in [-0.4, -0.2) is 24.3 Å². The lowest BCUT2D eigenvalue weighted by Gasteiger charge is -2.08. The average molecular weight is 491 g/mol. The largest absolute Gasteiger partial charge is 0.345 e. The van der Waals surface area contributed by atoms with Gasteiger partial charge < -0.3 is 10.3 Å². The SMILES string of the molecule is O=C(NCc1nc2ccccc2[nH]1)c1ccc(NS(=O)(=O)c2ccc(Br)s2)cc1. The molecule has 2 aromatic heterocycles. The van der Waals surface area contributed by atoms with Gasteiger partial charge in [-0.25, -0.2) is 13.4 Å². The van der Waals surface area contributed by atoms with Crippen molar-refractivity contribution in [3.05, 3.63) is 75.8 Å². The number of anilines is 1. The summed E-state index contributed by atoms with van der Waals surface area (Å²) in [4.78, 5) is 19.9. The second kappa shape index (κ2) is 7.97. The third kappa shape index (κ3) is 4.50. The van der Waals surface area contributed by atoms with E-state index in [0.717, 1.165) is 26.2 Å². The zero-order chi connectivity index (χ0) is 20.4. The molecule has 0 aliphatic rings. The van der Waals surface area contributed by atoms with Crippen LogP contribution >= 0.6 is 27.3 Å². The van der Waals surface area contributed by atoms with Gasteiger partial charge in [0.1, 0.15) is 10.0 Å². The molecule has 0 saturated carbocycles. The molecule has 29 heavy (non-hydrogen) atoms. The van der Waals surface area contributed by atoms with Crippen LogP contribution in [0.5, 0.6) is 0 Å². The lowest BCUT2D eigenvalue weighted by molar-refractivity contribution is 0.0950. The maximum atomic E-state index is 12.4. The fourth-order valence-corrected chi connectivity index (χ4v) is 5.76. The van der Waals surface area contributed by atoms with Crippen LogP contribution in [-0.2, 0) is 16.6 Å². The number of fused-ring (bicyclic) bond motifs is 1. The number of benzene rings is 2. The molecular formula is C19H15BrN4O3S2. The van der Waals surface area contributed by atoms with E-state index in [0.29, 0.717) is 17.1 Å². The van der Waals surface area contributed by atoms with E-state index in [4.69, 9.17) is 0 Å². The standard InChI is InChI=1S/C19H15BrN4O3S2/c20-16-9-10-18(28-16)29(26,27)24-13-7-5-12(6-8-13)19(25)21-11-17-22-14-3-1-2-4-15(14)23-17/h1-10,24H,11H2,(H,21,25)(H,22,23). The molecule has 0 radical (unpaired) electrons. The fraction of sp³-hybridized carbons (Fsp3) is 0.0526. The second-order valence-electron chi connectivity index (χ2n) is 6.12. The van der Waals surface area contributed by atoms with E-state index < -0.39 is 10.0 Å². The first-order valence-electron chi connectivity index (χ1n) is 8.51. The van der Waals surface area contributed by atoms with Gasteiger partial charge in [0.15, 0.2) is 0 Å². The van der Waals surface area contributed by atoms with Crippen LogP contribution in [0.3, 0.4) is 0 Å². The molecule has 4 aromatic rings. The Morgan fingerprint density at radius 1 is 1.07 bits per heavy atom. The molecule has 7 nitrogen and oxygen atoms in total. The first-order valence-corrected chi connectivity index (χ1v) is 11.6. The topological polar surface area (TPSA) is 104 Å². The number of para-hydroxylation sites is 2. The van der Waals surface area contributed by atoms with Crippen molar-refractivity contribution in [2.24, 2.45) is 0 Å². The number of aromatic nitrogens is 2. The number of carbonyl (C=O) groups excluding carboxylic acids is 1. The molecule has 2 heterocycles. The van der Waals surface area contributed by atoms with Gasteiger partial charge >= 0.3 is 0 Å². The Kier molecular flexibility index (Phi) is 5.39. The third-order valence-electron chi connectivity index (χ3n) is 4.07. The van der Waals surface area contributed by atoms with Gasteiger partial charge in [-0.1, -0.05) is 12.1 Å². The maximum Gasteiger partial charge on any atom is 0.271 e. The van der Waals surface area contributed by atoms with Gasteiger partial charge in [0.2, 0.25) is 0 Å². The van der Waals surface area contributed by atoms with Crippen molar-refractivity contribution in [1.82, 2.24) is 15.3 Å². The Morgan fingerprint density at radius 3 is 2.52 bits per heavy atom. The molecule has 0 saturated heterocycles. The van der Waals surface area contributed by atoms with E-state index in [2.05, 4.69) is 35.9 Å². The van der Waals surface area contributed by atoms with E-state index >= 15 is 0 Å². The number of H-pyrrole nitrogens is 1. The van der Waals surface area contributed by atoms with Gasteiger partial charge in [-0.15, -0.1) is 11.3 Å². The molecule has 0 unspecified atom stereocenters. The molecule has 10 heteroatoms. The molecule has 0 spiro atoms. The van der Waals surface area contributed by atoms with Crippen molar-refractivity contribution < 1.29 is 13.2 Å². The minimum absolute atomic E-state index is 0.206. The van der Waals surface area contributed by atoms with Crippen molar-refractivity contribution in [3.8, 4) is 0 Å². The number of hydrogen-bond donors (Lipinski definition) is 3. The summed E-state index contributed by atoms with van der Waals surface area (Å²) in [5.74, 6) is 0.382. The van der Waals surface area contributed by atoms with Crippen molar-refractivity contribution >= 4 is 59.9 Å². The highest BCUT2D eigenvalue weighted by atomic mass is 79.9. The Bertz CT molecular complexity index is 1250. The number of imidazole rings is 1. The zero-order valence-electron chi connectivity index (χ0n) is 14.8. The Hall–Kier alpha value is -2.69. The Balaban J connectivity index is 1.40. The highest BCUT2D eigenvalue weighted by molar-refractivity contribution is 9.11. The number of aromatic amines is 1. The molecule has 3 N–H and O–H groups in total. The number of nitrogens with one attached hydrogen (secondary N) is 3. The monoisotopic (exact) mass is 490 g/mol. The van der Waals surface area contributed by atoms with Crippen LogP contribution in [0, 0.1) is 0 Å². The molecule has 2 aromatic carbocycles. The van der Waals surface area contributed by atoms with Crippen LogP contribution in [0.1, 0.15) is 16.2 Å². The first-order chi connectivity index (χ1) is 13.9. The summed E-state index contributed by atoms with van der Waals surface area (Å²) < 4.78 is 28.1. The number of hydrogen-bond acceptors (Lipinski definition) is 5. The lowest BCUT2D eigenvalue weighted by Crippen LogP contribution is -2.23. The molecule has 0 aliphatic heterocycles. The summed E-state index contributed by atoms with van der Waals surface area (Å²) in [7, 11) is -3.66.